The molecule has 4 aromatic rings. The average molecular weight is 439 g/mol. The van der Waals surface area contributed by atoms with Crippen LogP contribution in [0.25, 0.3) is 22.4 Å². The molecule has 2 aromatic heterocycles. The highest BCUT2D eigenvalue weighted by molar-refractivity contribution is 6.30. The highest BCUT2D eigenvalue weighted by atomic mass is 35.5. The fourth-order valence-electron chi connectivity index (χ4n) is 3.52. The average Bonchev–Trinajstić information content (AvgIpc) is 3.16. The van der Waals surface area contributed by atoms with Crippen LogP contribution in [0.1, 0.15) is 11.1 Å². The highest BCUT2D eigenvalue weighted by Gasteiger charge is 2.16. The molecule has 0 bridgehead atoms. The molecule has 0 saturated heterocycles. The van der Waals surface area contributed by atoms with Crippen molar-refractivity contribution < 1.29 is 9.84 Å². The smallest absolute Gasteiger partial charge is 0.261 e. The van der Waals surface area contributed by atoms with Gasteiger partial charge in [-0.15, -0.1) is 0 Å². The molecule has 0 radical (unpaired) electrons. The zero-order valence-corrected chi connectivity index (χ0v) is 17.8. The highest BCUT2D eigenvalue weighted by Crippen LogP contribution is 2.28. The minimum Gasteiger partial charge on any atom is -0.491 e. The van der Waals surface area contributed by atoms with Crippen LogP contribution in [0, 0.1) is 6.92 Å². The molecule has 0 unspecified atom stereocenters. The molecule has 0 aliphatic heterocycles. The van der Waals surface area contributed by atoms with Crippen LogP contribution in [0.15, 0.2) is 53.5 Å². The summed E-state index contributed by atoms with van der Waals surface area (Å²) in [6.45, 7) is 2.72. The Morgan fingerprint density at radius 3 is 2.90 bits per heavy atom. The van der Waals surface area contributed by atoms with Crippen LogP contribution < -0.4 is 15.6 Å². The van der Waals surface area contributed by atoms with Crippen molar-refractivity contribution in [3.05, 3.63) is 75.2 Å². The van der Waals surface area contributed by atoms with Gasteiger partial charge in [-0.2, -0.15) is 0 Å². The van der Waals surface area contributed by atoms with Crippen LogP contribution in [0.2, 0.25) is 5.02 Å². The maximum atomic E-state index is 12.7. The van der Waals surface area contributed by atoms with Gasteiger partial charge in [0.2, 0.25) is 0 Å². The normalized spacial score (nSPS) is 11.1. The van der Waals surface area contributed by atoms with Gasteiger partial charge in [-0.1, -0.05) is 23.7 Å². The number of halogens is 1. The first-order valence-corrected chi connectivity index (χ1v) is 10.4. The zero-order valence-electron chi connectivity index (χ0n) is 17.0. The molecule has 0 atom stereocenters. The summed E-state index contributed by atoms with van der Waals surface area (Å²) < 4.78 is 5.52. The standard InChI is InChI=1S/C23H23ClN4O3/c1-14-11-17(31-10-9-29)13-19-21(14)28-22(27-19)20-18(6-8-26-23(20)30)25-7-5-15-3-2-4-16(24)12-15/h2-4,6,8,11-13,29H,5,7,9-10H2,1H3,(H,27,28)(H2,25,26,30). The number of nitrogens with zero attached hydrogens (tertiary/aromatic N) is 1. The number of hydrogen-bond acceptors (Lipinski definition) is 5. The largest absolute Gasteiger partial charge is 0.491 e. The number of nitrogens with one attached hydrogen (secondary N) is 3. The predicted molar refractivity (Wildman–Crippen MR) is 123 cm³/mol. The lowest BCUT2D eigenvalue weighted by Crippen LogP contribution is -2.14. The van der Waals surface area contributed by atoms with Crippen molar-refractivity contribution >= 4 is 28.3 Å². The number of aryl methyl sites for hydroxylation is 1. The Hall–Kier alpha value is -3.29. The van der Waals surface area contributed by atoms with E-state index in [4.69, 9.17) is 21.4 Å². The van der Waals surface area contributed by atoms with Crippen LogP contribution in [-0.4, -0.2) is 39.8 Å². The number of hydrogen-bond donors (Lipinski definition) is 4. The molecular weight excluding hydrogens is 416 g/mol. The van der Waals surface area contributed by atoms with Gasteiger partial charge >= 0.3 is 0 Å². The van der Waals surface area contributed by atoms with E-state index in [1.165, 1.54) is 0 Å². The molecule has 4 N–H and O–H groups in total. The van der Waals surface area contributed by atoms with E-state index < -0.39 is 0 Å². The van der Waals surface area contributed by atoms with Crippen molar-refractivity contribution in [3.8, 4) is 17.1 Å². The summed E-state index contributed by atoms with van der Waals surface area (Å²) in [7, 11) is 0. The van der Waals surface area contributed by atoms with E-state index in [0.29, 0.717) is 34.4 Å². The Labute approximate surface area is 184 Å². The molecular formula is C23H23ClN4O3. The van der Waals surface area contributed by atoms with E-state index in [-0.39, 0.29) is 18.8 Å². The van der Waals surface area contributed by atoms with Gasteiger partial charge in [0, 0.05) is 23.8 Å². The van der Waals surface area contributed by atoms with E-state index in [9.17, 15) is 4.79 Å². The van der Waals surface area contributed by atoms with Gasteiger partial charge < -0.3 is 25.1 Å². The fraction of sp³-hybridized carbons (Fsp3) is 0.217. The number of anilines is 1. The van der Waals surface area contributed by atoms with E-state index in [2.05, 4.69) is 20.3 Å². The molecule has 0 aliphatic carbocycles. The molecule has 160 valence electrons. The number of aromatic amines is 2. The second-order valence-electron chi connectivity index (χ2n) is 7.20. The zero-order chi connectivity index (χ0) is 21.8. The monoisotopic (exact) mass is 438 g/mol. The van der Waals surface area contributed by atoms with Crippen molar-refractivity contribution in [3.63, 3.8) is 0 Å². The summed E-state index contributed by atoms with van der Waals surface area (Å²) in [6, 6.07) is 13.2. The van der Waals surface area contributed by atoms with Crippen LogP contribution in [0.4, 0.5) is 5.69 Å². The number of rotatable bonds is 8. The van der Waals surface area contributed by atoms with E-state index in [0.717, 1.165) is 28.6 Å². The minimum absolute atomic E-state index is 0.0606. The first-order chi connectivity index (χ1) is 15.0. The molecule has 0 amide bonds. The van der Waals surface area contributed by atoms with Crippen LogP contribution in [0.3, 0.4) is 0 Å². The first-order valence-electron chi connectivity index (χ1n) is 9.99. The summed E-state index contributed by atoms with van der Waals surface area (Å²) in [5, 5.41) is 13.0. The Morgan fingerprint density at radius 1 is 1.23 bits per heavy atom. The molecule has 2 heterocycles. The Balaban J connectivity index is 1.62. The molecule has 7 nitrogen and oxygen atoms in total. The maximum absolute atomic E-state index is 12.7. The molecule has 8 heteroatoms. The molecule has 0 spiro atoms. The number of ether oxygens (including phenoxy) is 1. The Morgan fingerprint density at radius 2 is 2.10 bits per heavy atom. The topological polar surface area (TPSA) is 103 Å². The third kappa shape index (κ3) is 4.73. The van der Waals surface area contributed by atoms with Crippen LogP contribution in [-0.2, 0) is 6.42 Å². The second kappa shape index (κ2) is 9.24. The third-order valence-electron chi connectivity index (χ3n) is 4.93. The molecule has 4 rings (SSSR count). The van der Waals surface area contributed by atoms with Gasteiger partial charge in [0.05, 0.1) is 23.3 Å². The number of fused-ring (bicyclic) bond motifs is 1. The van der Waals surface area contributed by atoms with Gasteiger partial charge in [-0.05, 0) is 48.7 Å². The van der Waals surface area contributed by atoms with Crippen molar-refractivity contribution in [2.75, 3.05) is 25.1 Å². The van der Waals surface area contributed by atoms with Crippen molar-refractivity contribution in [2.24, 2.45) is 0 Å². The SMILES string of the molecule is Cc1cc(OCCO)cc2[nH]c(-c3c(NCCc4cccc(Cl)c4)cc[nH]c3=O)nc12. The lowest BCUT2D eigenvalue weighted by atomic mass is 10.1. The summed E-state index contributed by atoms with van der Waals surface area (Å²) in [4.78, 5) is 23.3. The Bertz CT molecular complexity index is 1270. The lowest BCUT2D eigenvalue weighted by molar-refractivity contribution is 0.201. The van der Waals surface area contributed by atoms with E-state index in [1.807, 2.05) is 49.4 Å². The number of aliphatic hydroxyl groups is 1. The van der Waals surface area contributed by atoms with Gasteiger partial charge in [-0.3, -0.25) is 4.79 Å². The summed E-state index contributed by atoms with van der Waals surface area (Å²) in [5.41, 5.74) is 4.45. The maximum Gasteiger partial charge on any atom is 0.261 e. The number of benzene rings is 2. The first kappa shape index (κ1) is 21.0. The molecule has 0 aliphatic rings. The fourth-order valence-corrected chi connectivity index (χ4v) is 3.73. The van der Waals surface area contributed by atoms with Gasteiger partial charge in [0.25, 0.3) is 5.56 Å². The van der Waals surface area contributed by atoms with Crippen LogP contribution in [0.5, 0.6) is 5.75 Å². The molecule has 2 aromatic carbocycles. The van der Waals surface area contributed by atoms with Gasteiger partial charge in [0.1, 0.15) is 23.7 Å². The molecule has 31 heavy (non-hydrogen) atoms. The second-order valence-corrected chi connectivity index (χ2v) is 7.63. The van der Waals surface area contributed by atoms with Crippen molar-refractivity contribution in [2.45, 2.75) is 13.3 Å². The molecule has 0 fully saturated rings. The Kier molecular flexibility index (Phi) is 6.25. The van der Waals surface area contributed by atoms with E-state index in [1.54, 1.807) is 6.20 Å². The third-order valence-corrected chi connectivity index (χ3v) is 5.16. The van der Waals surface area contributed by atoms with Crippen molar-refractivity contribution in [1.29, 1.82) is 0 Å². The van der Waals surface area contributed by atoms with Gasteiger partial charge in [0.15, 0.2) is 0 Å². The minimum atomic E-state index is -0.235. The summed E-state index contributed by atoms with van der Waals surface area (Å²) >= 11 is 6.06. The summed E-state index contributed by atoms with van der Waals surface area (Å²) in [5.74, 6) is 1.11. The van der Waals surface area contributed by atoms with Crippen LogP contribution >= 0.6 is 11.6 Å². The predicted octanol–water partition coefficient (Wildman–Crippen LogP) is 3.91. The number of imidazole rings is 1. The number of pyridine rings is 1. The number of aliphatic hydroxyl groups excluding tert-OH is 1. The lowest BCUT2D eigenvalue weighted by Gasteiger charge is -2.10. The number of H-pyrrole nitrogens is 2. The van der Waals surface area contributed by atoms with Gasteiger partial charge in [-0.25, -0.2) is 4.98 Å². The molecule has 0 saturated carbocycles. The summed E-state index contributed by atoms with van der Waals surface area (Å²) in [6.07, 6.45) is 2.37. The number of aromatic nitrogens is 3. The van der Waals surface area contributed by atoms with Crippen molar-refractivity contribution in [1.82, 2.24) is 15.0 Å². The quantitative estimate of drug-likeness (QED) is 0.334. The van der Waals surface area contributed by atoms with E-state index >= 15 is 0 Å².